The van der Waals surface area contributed by atoms with Crippen molar-refractivity contribution in [1.82, 2.24) is 0 Å². The van der Waals surface area contributed by atoms with Gasteiger partial charge in [0.15, 0.2) is 4.90 Å². The molecule has 0 saturated carbocycles. The van der Waals surface area contributed by atoms with Crippen LogP contribution in [-0.2, 0) is 18.0 Å². The van der Waals surface area contributed by atoms with Crippen molar-refractivity contribution in [2.45, 2.75) is 31.1 Å². The Labute approximate surface area is 74.0 Å². The predicted octanol–water partition coefficient (Wildman–Crippen LogP) is 2.35. The Bertz CT molecular complexity index is 245. The van der Waals surface area contributed by atoms with E-state index in [0.717, 1.165) is 4.90 Å². The second kappa shape index (κ2) is 2.90. The number of rotatable bonds is 0. The van der Waals surface area contributed by atoms with Crippen LogP contribution in [0.3, 0.4) is 0 Å². The maximum atomic E-state index is 3.50. The molecule has 0 heterocycles. The van der Waals surface area contributed by atoms with Crippen LogP contribution in [0.1, 0.15) is 26.3 Å². The van der Waals surface area contributed by atoms with Crippen molar-refractivity contribution in [3.8, 4) is 0 Å². The third kappa shape index (κ3) is 2.26. The van der Waals surface area contributed by atoms with Gasteiger partial charge in [-0.15, -0.1) is 0 Å². The van der Waals surface area contributed by atoms with Crippen molar-refractivity contribution >= 4 is 12.6 Å². The Morgan fingerprint density at radius 3 is 2.18 bits per heavy atom. The van der Waals surface area contributed by atoms with Crippen LogP contribution in [0.5, 0.6) is 0 Å². The van der Waals surface area contributed by atoms with E-state index in [1.54, 1.807) is 0 Å². The summed E-state index contributed by atoms with van der Waals surface area (Å²) in [5, 5.41) is 0. The third-order valence-electron chi connectivity index (χ3n) is 1.73. The number of benzene rings is 1. The fourth-order valence-corrected chi connectivity index (χ4v) is 1.24. The monoisotopic (exact) mass is 167 g/mol. The summed E-state index contributed by atoms with van der Waals surface area (Å²) in [7, 11) is 0. The average Bonchev–Trinajstić information content (AvgIpc) is 1.86. The van der Waals surface area contributed by atoms with Gasteiger partial charge in [-0.1, -0.05) is 32.9 Å². The minimum absolute atomic E-state index is 0.253. The highest BCUT2D eigenvalue weighted by molar-refractivity contribution is 7.58. The summed E-state index contributed by atoms with van der Waals surface area (Å²) in [5.74, 6) is 0. The summed E-state index contributed by atoms with van der Waals surface area (Å²) in [4.78, 5) is 1.15. The molecule has 0 unspecified atom stereocenters. The Morgan fingerprint density at radius 1 is 1.18 bits per heavy atom. The van der Waals surface area contributed by atoms with Crippen LogP contribution in [0.2, 0.25) is 0 Å². The van der Waals surface area contributed by atoms with Crippen LogP contribution in [0, 0.1) is 0 Å². The second-order valence-electron chi connectivity index (χ2n) is 3.83. The highest BCUT2D eigenvalue weighted by Crippen LogP contribution is 2.22. The number of hydrogen-bond acceptors (Lipinski definition) is 0. The minimum atomic E-state index is 0.253. The van der Waals surface area contributed by atoms with Gasteiger partial charge in [-0.05, 0) is 35.7 Å². The molecule has 0 aromatic heterocycles. The smallest absolute Gasteiger partial charge is 0.0581 e. The molecule has 11 heavy (non-hydrogen) atoms. The molecule has 0 nitrogen and oxygen atoms in total. The largest absolute Gasteiger partial charge is 0.150 e. The van der Waals surface area contributed by atoms with Crippen molar-refractivity contribution in [1.29, 1.82) is 0 Å². The van der Waals surface area contributed by atoms with E-state index in [4.69, 9.17) is 0 Å². The van der Waals surface area contributed by atoms with Gasteiger partial charge in [-0.25, -0.2) is 0 Å². The summed E-state index contributed by atoms with van der Waals surface area (Å²) in [6.45, 7) is 6.65. The van der Waals surface area contributed by atoms with Gasteiger partial charge in [0.05, 0.1) is 0 Å². The molecule has 1 aromatic carbocycles. The molecule has 0 N–H and O–H groups in total. The molecule has 0 aliphatic carbocycles. The molecular formula is C10H15S+. The molecule has 0 aliphatic rings. The van der Waals surface area contributed by atoms with E-state index in [1.807, 2.05) is 6.07 Å². The molecule has 0 fully saturated rings. The molecule has 0 atom stereocenters. The molecule has 1 aromatic rings. The minimum Gasteiger partial charge on any atom is -0.0581 e. The first-order valence-electron chi connectivity index (χ1n) is 3.82. The van der Waals surface area contributed by atoms with Crippen LogP contribution >= 0.6 is 0 Å². The van der Waals surface area contributed by atoms with Crippen molar-refractivity contribution in [2.75, 3.05) is 0 Å². The molecule has 0 radical (unpaired) electrons. The van der Waals surface area contributed by atoms with Crippen LogP contribution in [-0.4, -0.2) is 0 Å². The van der Waals surface area contributed by atoms with E-state index in [9.17, 15) is 0 Å². The topological polar surface area (TPSA) is 0 Å². The molecule has 0 bridgehead atoms. The quantitative estimate of drug-likeness (QED) is 0.520. The lowest BCUT2D eigenvalue weighted by Gasteiger charge is -2.18. The summed E-state index contributed by atoms with van der Waals surface area (Å²) < 4.78 is 0. The Hall–Kier alpha value is -0.430. The standard InChI is InChI=1S/C10H14S/c1-10(2,3)8-5-4-6-9(11)7-8/h4-7,11H,1-3H3/p+1. The second-order valence-corrected chi connectivity index (χ2v) is 4.41. The first kappa shape index (κ1) is 8.66. The lowest BCUT2D eigenvalue weighted by atomic mass is 9.87. The van der Waals surface area contributed by atoms with Gasteiger partial charge in [0.2, 0.25) is 0 Å². The van der Waals surface area contributed by atoms with Gasteiger partial charge in [0.25, 0.3) is 0 Å². The summed E-state index contributed by atoms with van der Waals surface area (Å²) in [6, 6.07) is 8.44. The molecule has 1 heteroatoms. The summed E-state index contributed by atoms with van der Waals surface area (Å²) in [6.07, 6.45) is 0. The first-order chi connectivity index (χ1) is 5.00. The third-order valence-corrected chi connectivity index (χ3v) is 2.04. The van der Waals surface area contributed by atoms with Gasteiger partial charge in [0.1, 0.15) is 0 Å². The van der Waals surface area contributed by atoms with E-state index < -0.39 is 0 Å². The zero-order valence-electron chi connectivity index (χ0n) is 7.31. The summed E-state index contributed by atoms with van der Waals surface area (Å²) in [5.41, 5.74) is 1.62. The van der Waals surface area contributed by atoms with Gasteiger partial charge in [0, 0.05) is 0 Å². The normalized spacial score (nSPS) is 11.6. The van der Waals surface area contributed by atoms with Crippen molar-refractivity contribution in [3.63, 3.8) is 0 Å². The predicted molar refractivity (Wildman–Crippen MR) is 53.6 cm³/mol. The molecule has 0 amide bonds. The fraction of sp³-hybridized carbons (Fsp3) is 0.400. The summed E-state index contributed by atoms with van der Waals surface area (Å²) >= 11 is 3.50. The highest BCUT2D eigenvalue weighted by atomic mass is 32.1. The SMILES string of the molecule is CC(C)(C)c1cccc([SH2+])c1. The van der Waals surface area contributed by atoms with Crippen molar-refractivity contribution in [3.05, 3.63) is 29.8 Å². The van der Waals surface area contributed by atoms with Gasteiger partial charge in [-0.3, -0.25) is 0 Å². The molecule has 0 aliphatic heterocycles. The van der Waals surface area contributed by atoms with Gasteiger partial charge < -0.3 is 0 Å². The molecule has 1 rings (SSSR count). The Kier molecular flexibility index (Phi) is 2.28. The maximum absolute atomic E-state index is 3.50. The van der Waals surface area contributed by atoms with E-state index in [1.165, 1.54) is 5.56 Å². The Balaban J connectivity index is 3.06. The van der Waals surface area contributed by atoms with E-state index in [2.05, 4.69) is 51.6 Å². The van der Waals surface area contributed by atoms with Crippen molar-refractivity contribution in [2.24, 2.45) is 0 Å². The van der Waals surface area contributed by atoms with Gasteiger partial charge in [-0.2, -0.15) is 0 Å². The molecule has 0 spiro atoms. The van der Waals surface area contributed by atoms with E-state index in [-0.39, 0.29) is 5.41 Å². The molecule has 60 valence electrons. The van der Waals surface area contributed by atoms with E-state index in [0.29, 0.717) is 0 Å². The lowest BCUT2D eigenvalue weighted by molar-refractivity contribution is 0.589. The highest BCUT2D eigenvalue weighted by Gasteiger charge is 2.13. The van der Waals surface area contributed by atoms with E-state index >= 15 is 0 Å². The fourth-order valence-electron chi connectivity index (χ4n) is 0.986. The zero-order chi connectivity index (χ0) is 8.48. The van der Waals surface area contributed by atoms with Crippen LogP contribution in [0.4, 0.5) is 0 Å². The maximum Gasteiger partial charge on any atom is 0.150 e. The average molecular weight is 167 g/mol. The molecular weight excluding hydrogens is 152 g/mol. The van der Waals surface area contributed by atoms with Gasteiger partial charge >= 0.3 is 0 Å². The van der Waals surface area contributed by atoms with Crippen LogP contribution in [0.25, 0.3) is 0 Å². The first-order valence-corrected chi connectivity index (χ1v) is 4.32. The van der Waals surface area contributed by atoms with Crippen molar-refractivity contribution < 1.29 is 0 Å². The van der Waals surface area contributed by atoms with Crippen LogP contribution < -0.4 is 0 Å². The Morgan fingerprint density at radius 2 is 1.82 bits per heavy atom. The number of hydrogen-bond donors (Lipinski definition) is 0. The molecule has 0 saturated heterocycles. The lowest BCUT2D eigenvalue weighted by Crippen LogP contribution is -2.10. The van der Waals surface area contributed by atoms with Crippen LogP contribution in [0.15, 0.2) is 29.2 Å². The zero-order valence-corrected chi connectivity index (χ0v) is 8.31.